The van der Waals surface area contributed by atoms with Crippen molar-refractivity contribution in [2.75, 3.05) is 5.75 Å². The molecule has 0 bridgehead atoms. The largest absolute Gasteiger partial charge is 0.352 e. The number of rotatable bonds is 8. The first-order valence-corrected chi connectivity index (χ1v) is 10.4. The topological polar surface area (TPSA) is 54.9 Å². The maximum atomic E-state index is 12.6. The van der Waals surface area contributed by atoms with E-state index < -0.39 is 0 Å². The van der Waals surface area contributed by atoms with Crippen molar-refractivity contribution >= 4 is 40.8 Å². The standard InChI is InChI=1S/C16H19N3OS3/c1-2-10-21-15-18-19-16(23-15)22-13(11-6-4-3-5-7-11)14(20)17-12-8-9-12/h3-7,12-13H,2,8-10H2,1H3,(H,17,20)/t13-/m1/s1. The fourth-order valence-corrected chi connectivity index (χ4v) is 5.15. The lowest BCUT2D eigenvalue weighted by molar-refractivity contribution is -0.120. The van der Waals surface area contributed by atoms with E-state index in [2.05, 4.69) is 22.4 Å². The Kier molecular flexibility index (Phi) is 5.96. The summed E-state index contributed by atoms with van der Waals surface area (Å²) in [6.07, 6.45) is 3.30. The molecule has 1 N–H and O–H groups in total. The second kappa shape index (κ2) is 8.17. The Morgan fingerprint density at radius 2 is 2.04 bits per heavy atom. The van der Waals surface area contributed by atoms with Gasteiger partial charge in [-0.2, -0.15) is 0 Å². The van der Waals surface area contributed by atoms with Gasteiger partial charge in [-0.3, -0.25) is 4.79 Å². The summed E-state index contributed by atoms with van der Waals surface area (Å²) >= 11 is 4.79. The van der Waals surface area contributed by atoms with E-state index in [0.717, 1.165) is 39.3 Å². The zero-order valence-electron chi connectivity index (χ0n) is 12.9. The quantitative estimate of drug-likeness (QED) is 0.712. The average Bonchev–Trinajstić information content (AvgIpc) is 3.27. The summed E-state index contributed by atoms with van der Waals surface area (Å²) in [6, 6.07) is 10.3. The molecule has 0 aliphatic heterocycles. The molecule has 1 saturated carbocycles. The van der Waals surface area contributed by atoms with E-state index in [-0.39, 0.29) is 11.2 Å². The first-order valence-electron chi connectivity index (χ1n) is 7.74. The first-order chi connectivity index (χ1) is 11.3. The average molecular weight is 366 g/mol. The Balaban J connectivity index is 1.72. The number of thioether (sulfide) groups is 2. The van der Waals surface area contributed by atoms with Crippen molar-refractivity contribution in [1.82, 2.24) is 15.5 Å². The van der Waals surface area contributed by atoms with Crippen LogP contribution in [0.4, 0.5) is 0 Å². The van der Waals surface area contributed by atoms with Crippen LogP contribution in [0.15, 0.2) is 39.0 Å². The second-order valence-electron chi connectivity index (χ2n) is 5.37. The Morgan fingerprint density at radius 1 is 1.30 bits per heavy atom. The summed E-state index contributed by atoms with van der Waals surface area (Å²) in [5.41, 5.74) is 1.01. The molecule has 1 atom stereocenters. The van der Waals surface area contributed by atoms with Gasteiger partial charge in [0.25, 0.3) is 0 Å². The first kappa shape index (κ1) is 16.8. The number of benzene rings is 1. The van der Waals surface area contributed by atoms with Crippen molar-refractivity contribution in [1.29, 1.82) is 0 Å². The zero-order chi connectivity index (χ0) is 16.1. The van der Waals surface area contributed by atoms with E-state index in [9.17, 15) is 4.79 Å². The molecule has 3 rings (SSSR count). The molecule has 1 aromatic heterocycles. The van der Waals surface area contributed by atoms with Gasteiger partial charge in [-0.05, 0) is 24.8 Å². The van der Waals surface area contributed by atoms with Crippen molar-refractivity contribution in [2.24, 2.45) is 0 Å². The predicted molar refractivity (Wildman–Crippen MR) is 97.1 cm³/mol. The molecule has 1 aliphatic rings. The summed E-state index contributed by atoms with van der Waals surface area (Å²) in [5.74, 6) is 1.12. The van der Waals surface area contributed by atoms with Crippen LogP contribution < -0.4 is 5.32 Å². The summed E-state index contributed by atoms with van der Waals surface area (Å²) in [4.78, 5) is 12.6. The van der Waals surface area contributed by atoms with E-state index in [0.29, 0.717) is 6.04 Å². The molecule has 1 fully saturated rings. The van der Waals surface area contributed by atoms with Gasteiger partial charge in [0.15, 0.2) is 8.68 Å². The second-order valence-corrected chi connectivity index (χ2v) is 9.05. The lowest BCUT2D eigenvalue weighted by atomic mass is 10.1. The lowest BCUT2D eigenvalue weighted by Gasteiger charge is -2.15. The fourth-order valence-electron chi connectivity index (χ4n) is 2.00. The third kappa shape index (κ3) is 4.96. The highest BCUT2D eigenvalue weighted by atomic mass is 32.2. The Labute approximate surface area is 148 Å². The summed E-state index contributed by atoms with van der Waals surface area (Å²) in [7, 11) is 0. The van der Waals surface area contributed by atoms with Crippen molar-refractivity contribution < 1.29 is 4.79 Å². The normalized spacial score (nSPS) is 15.3. The number of carbonyl (C=O) groups is 1. The highest BCUT2D eigenvalue weighted by molar-refractivity contribution is 8.03. The van der Waals surface area contributed by atoms with Gasteiger partial charge >= 0.3 is 0 Å². The zero-order valence-corrected chi connectivity index (χ0v) is 15.3. The maximum absolute atomic E-state index is 12.6. The van der Waals surface area contributed by atoms with Crippen LogP contribution in [-0.2, 0) is 4.79 Å². The molecular weight excluding hydrogens is 346 g/mol. The van der Waals surface area contributed by atoms with Crippen LogP contribution >= 0.6 is 34.9 Å². The van der Waals surface area contributed by atoms with Gasteiger partial charge < -0.3 is 5.32 Å². The molecule has 2 aromatic rings. The summed E-state index contributed by atoms with van der Waals surface area (Å²) in [5, 5.41) is 11.3. The number of carbonyl (C=O) groups excluding carboxylic acids is 1. The van der Waals surface area contributed by atoms with E-state index in [4.69, 9.17) is 0 Å². The molecule has 122 valence electrons. The molecule has 4 nitrogen and oxygen atoms in total. The number of amides is 1. The molecule has 1 heterocycles. The van der Waals surface area contributed by atoms with Crippen molar-refractivity contribution in [3.63, 3.8) is 0 Å². The van der Waals surface area contributed by atoms with E-state index in [1.807, 2.05) is 30.3 Å². The number of nitrogens with one attached hydrogen (secondary N) is 1. The lowest BCUT2D eigenvalue weighted by Crippen LogP contribution is -2.29. The van der Waals surface area contributed by atoms with Gasteiger partial charge in [0, 0.05) is 11.8 Å². The summed E-state index contributed by atoms with van der Waals surface area (Å²) in [6.45, 7) is 2.15. The SMILES string of the molecule is CCCSc1nnc(S[C@@H](C(=O)NC2CC2)c2ccccc2)s1. The Hall–Kier alpha value is -1.05. The van der Waals surface area contributed by atoms with Gasteiger partial charge in [-0.25, -0.2) is 0 Å². The molecule has 0 spiro atoms. The Bertz CT molecular complexity index is 643. The van der Waals surface area contributed by atoms with Crippen molar-refractivity contribution in [3.05, 3.63) is 35.9 Å². The minimum absolute atomic E-state index is 0.0710. The maximum Gasteiger partial charge on any atom is 0.238 e. The minimum Gasteiger partial charge on any atom is -0.352 e. The van der Waals surface area contributed by atoms with Crippen LogP contribution in [0.3, 0.4) is 0 Å². The molecule has 0 saturated heterocycles. The molecular formula is C16H19N3OS3. The number of hydrogen-bond acceptors (Lipinski definition) is 6. The molecule has 0 radical (unpaired) electrons. The van der Waals surface area contributed by atoms with Crippen LogP contribution in [0.5, 0.6) is 0 Å². The van der Waals surface area contributed by atoms with Crippen LogP contribution in [0, 0.1) is 0 Å². The summed E-state index contributed by atoms with van der Waals surface area (Å²) < 4.78 is 1.83. The van der Waals surface area contributed by atoms with Crippen molar-refractivity contribution in [3.8, 4) is 0 Å². The van der Waals surface area contributed by atoms with Gasteiger partial charge in [0.05, 0.1) is 0 Å². The van der Waals surface area contributed by atoms with E-state index in [1.54, 1.807) is 23.1 Å². The molecule has 1 amide bonds. The number of aromatic nitrogens is 2. The molecule has 7 heteroatoms. The van der Waals surface area contributed by atoms with Gasteiger partial charge in [0.1, 0.15) is 5.25 Å². The van der Waals surface area contributed by atoms with E-state index >= 15 is 0 Å². The van der Waals surface area contributed by atoms with Gasteiger partial charge in [-0.15, -0.1) is 10.2 Å². The fraction of sp³-hybridized carbons (Fsp3) is 0.438. The van der Waals surface area contributed by atoms with Crippen LogP contribution in [0.25, 0.3) is 0 Å². The van der Waals surface area contributed by atoms with Crippen LogP contribution in [0.2, 0.25) is 0 Å². The Morgan fingerprint density at radius 3 is 2.74 bits per heavy atom. The number of nitrogens with zero attached hydrogens (tertiary/aromatic N) is 2. The molecule has 1 aliphatic carbocycles. The third-order valence-corrected chi connectivity index (χ3v) is 6.90. The van der Waals surface area contributed by atoms with Crippen LogP contribution in [0.1, 0.15) is 37.0 Å². The highest BCUT2D eigenvalue weighted by Gasteiger charge is 2.29. The van der Waals surface area contributed by atoms with Gasteiger partial charge in [-0.1, -0.05) is 72.1 Å². The monoisotopic (exact) mass is 365 g/mol. The number of hydrogen-bond donors (Lipinski definition) is 1. The molecule has 23 heavy (non-hydrogen) atoms. The van der Waals surface area contributed by atoms with Gasteiger partial charge in [0.2, 0.25) is 5.91 Å². The molecule has 1 aromatic carbocycles. The smallest absolute Gasteiger partial charge is 0.238 e. The van der Waals surface area contributed by atoms with E-state index in [1.165, 1.54) is 11.8 Å². The third-order valence-electron chi connectivity index (χ3n) is 3.30. The highest BCUT2D eigenvalue weighted by Crippen LogP contribution is 2.39. The van der Waals surface area contributed by atoms with Crippen LogP contribution in [-0.4, -0.2) is 27.9 Å². The van der Waals surface area contributed by atoms with Crippen molar-refractivity contribution in [2.45, 2.75) is 46.2 Å². The predicted octanol–water partition coefficient (Wildman–Crippen LogP) is 4.15. The minimum atomic E-state index is -0.270. The molecule has 0 unspecified atom stereocenters.